The van der Waals surface area contributed by atoms with Crippen LogP contribution in [0.5, 0.6) is 0 Å². The lowest BCUT2D eigenvalue weighted by Crippen LogP contribution is -2.31. The molecule has 1 aromatic heterocycles. The molecule has 21 heavy (non-hydrogen) atoms. The highest BCUT2D eigenvalue weighted by atomic mass is 16.5. The van der Waals surface area contributed by atoms with Crippen LogP contribution in [-0.2, 0) is 9.53 Å². The topological polar surface area (TPSA) is 75.1 Å². The van der Waals surface area contributed by atoms with E-state index in [4.69, 9.17) is 10.1 Å². The van der Waals surface area contributed by atoms with Gasteiger partial charge in [0.25, 0.3) is 5.91 Å². The molecule has 0 saturated heterocycles. The molecule has 0 saturated carbocycles. The lowest BCUT2D eigenvalue weighted by molar-refractivity contribution is -0.124. The van der Waals surface area contributed by atoms with Crippen LogP contribution in [0.4, 0.5) is 0 Å². The predicted molar refractivity (Wildman–Crippen MR) is 80.0 cm³/mol. The molecule has 5 nitrogen and oxygen atoms in total. The van der Waals surface area contributed by atoms with E-state index < -0.39 is 0 Å². The van der Waals surface area contributed by atoms with Crippen LogP contribution >= 0.6 is 0 Å². The number of rotatable bonds is 5. The minimum atomic E-state index is -0.271. The summed E-state index contributed by atoms with van der Waals surface area (Å²) in [5.74, 6) is -0.285. The smallest absolute Gasteiger partial charge is 0.258 e. The Labute approximate surface area is 123 Å². The molecule has 5 heteroatoms. The highest BCUT2D eigenvalue weighted by Crippen LogP contribution is 2.09. The van der Waals surface area contributed by atoms with Crippen molar-refractivity contribution in [2.45, 2.75) is 13.0 Å². The summed E-state index contributed by atoms with van der Waals surface area (Å²) in [7, 11) is 0. The van der Waals surface area contributed by atoms with E-state index >= 15 is 0 Å². The second-order valence-electron chi connectivity index (χ2n) is 4.56. The first-order chi connectivity index (χ1) is 10.2. The molecule has 1 atom stereocenters. The fourth-order valence-corrected chi connectivity index (χ4v) is 1.81. The highest BCUT2D eigenvalue weighted by molar-refractivity contribution is 5.93. The molecule has 0 aliphatic rings. The van der Waals surface area contributed by atoms with E-state index in [0.717, 1.165) is 5.56 Å². The number of aromatic nitrogens is 1. The summed E-state index contributed by atoms with van der Waals surface area (Å²) in [5.41, 5.74) is 1.56. The molecule has 0 aliphatic carbocycles. The number of carbonyl (C=O) groups is 1. The van der Waals surface area contributed by atoms with E-state index in [1.807, 2.05) is 37.3 Å². The first-order valence-electron chi connectivity index (χ1n) is 6.63. The number of nitrogens with zero attached hydrogens (tertiary/aromatic N) is 1. The summed E-state index contributed by atoms with van der Waals surface area (Å²) in [4.78, 5) is 15.8. The maximum atomic E-state index is 11.8. The maximum Gasteiger partial charge on any atom is 0.258 e. The van der Waals surface area contributed by atoms with Gasteiger partial charge >= 0.3 is 0 Å². The molecule has 1 heterocycles. The number of pyridine rings is 1. The van der Waals surface area contributed by atoms with Crippen LogP contribution in [0.3, 0.4) is 0 Å². The molecule has 2 N–H and O–H groups in total. The number of amides is 1. The molecule has 108 valence electrons. The normalized spacial score (nSPS) is 11.5. The summed E-state index contributed by atoms with van der Waals surface area (Å²) < 4.78 is 5.18. The minimum Gasteiger partial charge on any atom is -0.468 e. The molecule has 1 amide bonds. The molecular weight excluding hydrogens is 266 g/mol. The van der Waals surface area contributed by atoms with Crippen molar-refractivity contribution in [2.24, 2.45) is 0 Å². The zero-order chi connectivity index (χ0) is 15.1. The van der Waals surface area contributed by atoms with Crippen LogP contribution in [0, 0.1) is 5.41 Å². The quantitative estimate of drug-likeness (QED) is 0.653. The largest absolute Gasteiger partial charge is 0.468 e. The Bertz CT molecular complexity index is 599. The second-order valence-corrected chi connectivity index (χ2v) is 4.56. The number of hydrogen-bond acceptors (Lipinski definition) is 4. The average molecular weight is 283 g/mol. The molecule has 1 aromatic carbocycles. The number of carbonyl (C=O) groups excluding carboxylic acids is 1. The summed E-state index contributed by atoms with van der Waals surface area (Å²) in [6, 6.07) is 12.6. The van der Waals surface area contributed by atoms with Crippen LogP contribution in [0.2, 0.25) is 0 Å². The Morgan fingerprint density at radius 3 is 2.71 bits per heavy atom. The number of benzene rings is 1. The van der Waals surface area contributed by atoms with E-state index in [1.54, 1.807) is 24.5 Å². The third-order valence-electron chi connectivity index (χ3n) is 2.95. The maximum absolute atomic E-state index is 11.8. The summed E-state index contributed by atoms with van der Waals surface area (Å²) in [6.07, 6.45) is 3.39. The van der Waals surface area contributed by atoms with Gasteiger partial charge in [-0.05, 0) is 30.7 Å². The van der Waals surface area contributed by atoms with Crippen LogP contribution in [-0.4, -0.2) is 23.4 Å². The van der Waals surface area contributed by atoms with Gasteiger partial charge in [-0.25, -0.2) is 0 Å². The van der Waals surface area contributed by atoms with Gasteiger partial charge in [0.1, 0.15) is 0 Å². The number of nitrogens with one attached hydrogen (secondary N) is 2. The summed E-state index contributed by atoms with van der Waals surface area (Å²) in [5, 5.41) is 10.6. The Morgan fingerprint density at radius 2 is 2.05 bits per heavy atom. The van der Waals surface area contributed by atoms with Gasteiger partial charge in [-0.3, -0.25) is 15.2 Å². The van der Waals surface area contributed by atoms with Gasteiger partial charge in [0.15, 0.2) is 6.61 Å². The molecular formula is C16H17N3O2. The molecule has 0 bridgehead atoms. The van der Waals surface area contributed by atoms with Crippen LogP contribution in [0.25, 0.3) is 0 Å². The molecule has 0 fully saturated rings. The lowest BCUT2D eigenvalue weighted by Gasteiger charge is -2.14. The van der Waals surface area contributed by atoms with Gasteiger partial charge in [-0.2, -0.15) is 0 Å². The molecule has 0 aliphatic heterocycles. The average Bonchev–Trinajstić information content (AvgIpc) is 2.54. The lowest BCUT2D eigenvalue weighted by atomic mass is 10.1. The molecule has 0 radical (unpaired) electrons. The third-order valence-corrected chi connectivity index (χ3v) is 2.95. The van der Waals surface area contributed by atoms with Crippen molar-refractivity contribution in [3.63, 3.8) is 0 Å². The van der Waals surface area contributed by atoms with E-state index in [0.29, 0.717) is 5.56 Å². The molecule has 2 rings (SSSR count). The Hall–Kier alpha value is -2.69. The summed E-state index contributed by atoms with van der Waals surface area (Å²) in [6.45, 7) is 1.69. The van der Waals surface area contributed by atoms with E-state index in [1.165, 1.54) is 0 Å². The minimum absolute atomic E-state index is 0.0141. The standard InChI is InChI=1S/C16H17N3O2/c1-12(14-8-5-9-18-10-14)19-15(20)11-21-16(17)13-6-3-2-4-7-13/h2-10,12,17H,11H2,1H3,(H,19,20). The summed E-state index contributed by atoms with van der Waals surface area (Å²) >= 11 is 0. The second kappa shape index (κ2) is 7.19. The van der Waals surface area contributed by atoms with Gasteiger partial charge in [-0.15, -0.1) is 0 Å². The Kier molecular flexibility index (Phi) is 5.04. The fourth-order valence-electron chi connectivity index (χ4n) is 1.81. The van der Waals surface area contributed by atoms with Gasteiger partial charge in [0, 0.05) is 18.0 Å². The predicted octanol–water partition coefficient (Wildman–Crippen LogP) is 2.30. The van der Waals surface area contributed by atoms with E-state index in [9.17, 15) is 4.79 Å². The van der Waals surface area contributed by atoms with Gasteiger partial charge in [-0.1, -0.05) is 24.3 Å². The van der Waals surface area contributed by atoms with Gasteiger partial charge in [0.05, 0.1) is 6.04 Å². The van der Waals surface area contributed by atoms with Crippen LogP contribution in [0.15, 0.2) is 54.9 Å². The van der Waals surface area contributed by atoms with Gasteiger partial charge < -0.3 is 10.1 Å². The van der Waals surface area contributed by atoms with Crippen LogP contribution in [0.1, 0.15) is 24.1 Å². The number of hydrogen-bond donors (Lipinski definition) is 2. The van der Waals surface area contributed by atoms with Crippen molar-refractivity contribution in [2.75, 3.05) is 6.61 Å². The number of ether oxygens (including phenoxy) is 1. The van der Waals surface area contributed by atoms with Crippen molar-refractivity contribution in [1.82, 2.24) is 10.3 Å². The molecule has 0 spiro atoms. The van der Waals surface area contributed by atoms with Crippen molar-refractivity contribution in [3.8, 4) is 0 Å². The zero-order valence-electron chi connectivity index (χ0n) is 11.7. The van der Waals surface area contributed by atoms with Crippen molar-refractivity contribution >= 4 is 11.8 Å². The van der Waals surface area contributed by atoms with E-state index in [2.05, 4.69) is 10.3 Å². The third kappa shape index (κ3) is 4.42. The van der Waals surface area contributed by atoms with Gasteiger partial charge in [0.2, 0.25) is 5.90 Å². The molecule has 1 unspecified atom stereocenters. The van der Waals surface area contributed by atoms with Crippen molar-refractivity contribution < 1.29 is 9.53 Å². The van der Waals surface area contributed by atoms with Crippen molar-refractivity contribution in [1.29, 1.82) is 5.41 Å². The highest BCUT2D eigenvalue weighted by Gasteiger charge is 2.11. The fraction of sp³-hybridized carbons (Fsp3) is 0.188. The zero-order valence-corrected chi connectivity index (χ0v) is 11.7. The first-order valence-corrected chi connectivity index (χ1v) is 6.63. The molecule has 2 aromatic rings. The van der Waals surface area contributed by atoms with E-state index in [-0.39, 0.29) is 24.5 Å². The monoisotopic (exact) mass is 283 g/mol. The van der Waals surface area contributed by atoms with Crippen LogP contribution < -0.4 is 5.32 Å². The SMILES string of the molecule is CC(NC(=O)COC(=N)c1ccccc1)c1cccnc1. The van der Waals surface area contributed by atoms with Crippen molar-refractivity contribution in [3.05, 3.63) is 66.0 Å². The first kappa shape index (κ1) is 14.7. The Morgan fingerprint density at radius 1 is 1.29 bits per heavy atom. The Balaban J connectivity index is 1.81.